The first-order valence-corrected chi connectivity index (χ1v) is 21.4. The van der Waals surface area contributed by atoms with Crippen molar-refractivity contribution in [3.63, 3.8) is 0 Å². The van der Waals surface area contributed by atoms with Gasteiger partial charge in [-0.05, 0) is 82.9 Å². The van der Waals surface area contributed by atoms with E-state index < -0.39 is 8.07 Å². The highest BCUT2D eigenvalue weighted by Crippen LogP contribution is 2.42. The van der Waals surface area contributed by atoms with Gasteiger partial charge in [-0.3, -0.25) is 0 Å². The minimum atomic E-state index is -1.44. The van der Waals surface area contributed by atoms with Crippen LogP contribution in [-0.4, -0.2) is 14.6 Å². The normalized spacial score (nSPS) is 14.3. The van der Waals surface area contributed by atoms with Gasteiger partial charge in [0.05, 0.1) is 13.8 Å². The highest BCUT2D eigenvalue weighted by Gasteiger charge is 2.23. The Morgan fingerprint density at radius 2 is 1.21 bits per heavy atom. The average Bonchev–Trinajstić information content (AvgIpc) is 3.59. The third-order valence-electron chi connectivity index (χ3n) is 9.80. The van der Waals surface area contributed by atoms with Gasteiger partial charge >= 0.3 is 0 Å². The standard InChI is InChI=1S/C48H42N2OSi/c1-35-14-7-6-12-33-49(47-45-19-10-11-20-46(45)51-48(35)47)40-25-21-38(22-26-40)39-17-13-18-43(34-39)50(42-29-31-44(32-30-42)52(2,3)4)41-27-23-37(24-28-41)36-15-8-5-9-16-36/h5-32,34H,1,33H2,2-4H3/b12-6-,14-7-. The van der Waals surface area contributed by atoms with Crippen molar-refractivity contribution in [3.8, 4) is 22.3 Å². The molecule has 3 nitrogen and oxygen atoms in total. The molecule has 1 aliphatic rings. The Labute approximate surface area is 308 Å². The van der Waals surface area contributed by atoms with Crippen LogP contribution in [0.2, 0.25) is 19.6 Å². The van der Waals surface area contributed by atoms with E-state index in [1.807, 2.05) is 24.3 Å². The summed E-state index contributed by atoms with van der Waals surface area (Å²) in [6, 6.07) is 54.6. The molecule has 0 amide bonds. The van der Waals surface area contributed by atoms with Crippen LogP contribution in [0.3, 0.4) is 0 Å². The fraction of sp³-hybridized carbons (Fsp3) is 0.0833. The summed E-state index contributed by atoms with van der Waals surface area (Å²) in [6.07, 6.45) is 8.29. The highest BCUT2D eigenvalue weighted by molar-refractivity contribution is 6.88. The molecule has 254 valence electrons. The van der Waals surface area contributed by atoms with E-state index in [0.29, 0.717) is 6.54 Å². The SMILES string of the molecule is C=C1/C=C\C=C/CN(c2ccc(-c3cccc(N(c4ccc(-c5ccccc5)cc4)c4ccc([Si](C)(C)C)cc4)c3)cc2)c2c1oc1ccccc21. The van der Waals surface area contributed by atoms with E-state index in [1.54, 1.807) is 0 Å². The molecule has 7 aromatic rings. The Hall–Kier alpha value is -6.10. The third kappa shape index (κ3) is 6.57. The fourth-order valence-electron chi connectivity index (χ4n) is 6.99. The number of rotatable bonds is 7. The molecule has 1 aliphatic heterocycles. The summed E-state index contributed by atoms with van der Waals surface area (Å²) < 4.78 is 6.38. The van der Waals surface area contributed by atoms with Crippen LogP contribution in [0.5, 0.6) is 0 Å². The summed E-state index contributed by atoms with van der Waals surface area (Å²) in [6.45, 7) is 12.2. The summed E-state index contributed by atoms with van der Waals surface area (Å²) >= 11 is 0. The maximum Gasteiger partial charge on any atom is 0.158 e. The molecule has 8 rings (SSSR count). The molecule has 2 heterocycles. The van der Waals surface area contributed by atoms with Crippen molar-refractivity contribution < 1.29 is 4.42 Å². The van der Waals surface area contributed by atoms with Crippen LogP contribution in [0, 0.1) is 0 Å². The number of allylic oxidation sites excluding steroid dienone is 4. The van der Waals surface area contributed by atoms with Crippen LogP contribution in [0.4, 0.5) is 28.4 Å². The van der Waals surface area contributed by atoms with Crippen molar-refractivity contribution >= 4 is 58.2 Å². The Morgan fingerprint density at radius 3 is 1.94 bits per heavy atom. The van der Waals surface area contributed by atoms with Gasteiger partial charge in [0, 0.05) is 40.3 Å². The first-order chi connectivity index (χ1) is 25.3. The van der Waals surface area contributed by atoms with Gasteiger partial charge in [-0.25, -0.2) is 0 Å². The van der Waals surface area contributed by atoms with Crippen molar-refractivity contribution in [1.82, 2.24) is 0 Å². The fourth-order valence-corrected chi connectivity index (χ4v) is 8.15. The summed E-state index contributed by atoms with van der Waals surface area (Å²) in [5.74, 6) is 0.799. The second kappa shape index (κ2) is 13.9. The topological polar surface area (TPSA) is 19.6 Å². The van der Waals surface area contributed by atoms with Crippen LogP contribution in [0.15, 0.2) is 187 Å². The zero-order valence-electron chi connectivity index (χ0n) is 30.0. The number of anilines is 5. The van der Waals surface area contributed by atoms with Crippen LogP contribution >= 0.6 is 0 Å². The predicted molar refractivity (Wildman–Crippen MR) is 226 cm³/mol. The van der Waals surface area contributed by atoms with Gasteiger partial charge in [0.1, 0.15) is 5.58 Å². The zero-order chi connectivity index (χ0) is 35.7. The molecule has 0 saturated heterocycles. The first-order valence-electron chi connectivity index (χ1n) is 17.9. The van der Waals surface area contributed by atoms with Gasteiger partial charge in [-0.15, -0.1) is 0 Å². The molecule has 0 N–H and O–H groups in total. The molecule has 0 bridgehead atoms. The zero-order valence-corrected chi connectivity index (χ0v) is 31.0. The predicted octanol–water partition coefficient (Wildman–Crippen LogP) is 13.1. The Kier molecular flexibility index (Phi) is 8.84. The van der Waals surface area contributed by atoms with Crippen molar-refractivity contribution in [2.45, 2.75) is 19.6 Å². The van der Waals surface area contributed by atoms with Crippen LogP contribution in [0.1, 0.15) is 5.76 Å². The van der Waals surface area contributed by atoms with Crippen molar-refractivity contribution in [1.29, 1.82) is 0 Å². The summed E-state index contributed by atoms with van der Waals surface area (Å²) in [7, 11) is -1.44. The molecule has 0 atom stereocenters. The van der Waals surface area contributed by atoms with Gasteiger partial charge in [0.2, 0.25) is 0 Å². The molecule has 0 unspecified atom stereocenters. The molecular weight excluding hydrogens is 649 g/mol. The van der Waals surface area contributed by atoms with Gasteiger partial charge in [0.15, 0.2) is 5.76 Å². The van der Waals surface area contributed by atoms with Gasteiger partial charge in [-0.1, -0.05) is 147 Å². The molecule has 1 aromatic heterocycles. The van der Waals surface area contributed by atoms with E-state index in [0.717, 1.165) is 61.9 Å². The second-order valence-electron chi connectivity index (χ2n) is 14.3. The monoisotopic (exact) mass is 690 g/mol. The lowest BCUT2D eigenvalue weighted by molar-refractivity contribution is 0.601. The van der Waals surface area contributed by atoms with E-state index in [-0.39, 0.29) is 0 Å². The Balaban J connectivity index is 1.16. The molecular formula is C48H42N2OSi. The van der Waals surface area contributed by atoms with E-state index in [9.17, 15) is 0 Å². The van der Waals surface area contributed by atoms with Crippen molar-refractivity contribution in [2.24, 2.45) is 0 Å². The van der Waals surface area contributed by atoms with Crippen LogP contribution in [-0.2, 0) is 0 Å². The van der Waals surface area contributed by atoms with E-state index in [4.69, 9.17) is 4.42 Å². The maximum absolute atomic E-state index is 6.38. The largest absolute Gasteiger partial charge is 0.454 e. The number of hydrogen-bond acceptors (Lipinski definition) is 3. The van der Waals surface area contributed by atoms with Crippen LogP contribution < -0.4 is 15.0 Å². The summed E-state index contributed by atoms with van der Waals surface area (Å²) in [5.41, 5.74) is 11.9. The summed E-state index contributed by atoms with van der Waals surface area (Å²) in [5, 5.41) is 2.53. The molecule has 4 heteroatoms. The minimum Gasteiger partial charge on any atom is -0.454 e. The van der Waals surface area contributed by atoms with Gasteiger partial charge < -0.3 is 14.2 Å². The molecule has 0 radical (unpaired) electrons. The maximum atomic E-state index is 6.38. The quantitative estimate of drug-likeness (QED) is 0.155. The lowest BCUT2D eigenvalue weighted by Gasteiger charge is -2.27. The smallest absolute Gasteiger partial charge is 0.158 e. The molecule has 0 fully saturated rings. The van der Waals surface area contributed by atoms with Crippen molar-refractivity contribution in [3.05, 3.63) is 188 Å². The molecule has 6 aromatic carbocycles. The Bertz CT molecular complexity index is 2410. The number of furan rings is 1. The highest BCUT2D eigenvalue weighted by atomic mass is 28.3. The van der Waals surface area contributed by atoms with Gasteiger partial charge in [0.25, 0.3) is 0 Å². The van der Waals surface area contributed by atoms with E-state index in [1.165, 1.54) is 16.3 Å². The minimum absolute atomic E-state index is 0.706. The molecule has 52 heavy (non-hydrogen) atoms. The van der Waals surface area contributed by atoms with Crippen LogP contribution in [0.25, 0.3) is 38.8 Å². The molecule has 0 aliphatic carbocycles. The number of hydrogen-bond donors (Lipinski definition) is 0. The van der Waals surface area contributed by atoms with Gasteiger partial charge in [-0.2, -0.15) is 0 Å². The number of nitrogens with zero attached hydrogens (tertiary/aromatic N) is 2. The molecule has 0 saturated carbocycles. The third-order valence-corrected chi connectivity index (χ3v) is 11.9. The second-order valence-corrected chi connectivity index (χ2v) is 19.4. The lowest BCUT2D eigenvalue weighted by atomic mass is 10.0. The van der Waals surface area contributed by atoms with Crippen molar-refractivity contribution in [2.75, 3.05) is 16.3 Å². The summed E-state index contributed by atoms with van der Waals surface area (Å²) in [4.78, 5) is 4.68. The number of benzene rings is 6. The van der Waals surface area contributed by atoms with E-state index >= 15 is 0 Å². The lowest BCUT2D eigenvalue weighted by Crippen LogP contribution is -2.37. The first kappa shape index (κ1) is 33.1. The molecule has 0 spiro atoms. The Morgan fingerprint density at radius 1 is 0.596 bits per heavy atom. The number of fused-ring (bicyclic) bond motifs is 3. The average molecular weight is 691 g/mol. The van der Waals surface area contributed by atoms with E-state index in [2.05, 4.69) is 188 Å². The number of para-hydroxylation sites is 1.